The first kappa shape index (κ1) is 20.4. The lowest BCUT2D eigenvalue weighted by Gasteiger charge is -2.13. The minimum atomic E-state index is -1.23. The number of benzene rings is 1. The van der Waals surface area contributed by atoms with Crippen molar-refractivity contribution in [2.24, 2.45) is 0 Å². The topological polar surface area (TPSA) is 165 Å². The van der Waals surface area contributed by atoms with E-state index in [4.69, 9.17) is 25.8 Å². The van der Waals surface area contributed by atoms with E-state index in [-0.39, 0.29) is 35.2 Å². The lowest BCUT2D eigenvalue weighted by atomic mass is 10.1. The van der Waals surface area contributed by atoms with Gasteiger partial charge in [-0.05, 0) is 18.2 Å². The van der Waals surface area contributed by atoms with Crippen LogP contribution >= 0.6 is 11.8 Å². The highest BCUT2D eigenvalue weighted by Crippen LogP contribution is 2.30. The van der Waals surface area contributed by atoms with E-state index in [0.29, 0.717) is 5.75 Å². The molecule has 0 saturated carbocycles. The number of carboxylic acid groups (broad SMARTS) is 2. The van der Waals surface area contributed by atoms with Crippen LogP contribution in [0.5, 0.6) is 0 Å². The average molecular weight is 395 g/mol. The largest absolute Gasteiger partial charge is 0.478 e. The van der Waals surface area contributed by atoms with Crippen LogP contribution in [-0.4, -0.2) is 54.6 Å². The molecule has 0 radical (unpaired) electrons. The number of anilines is 1. The number of hydrogen-bond acceptors (Lipinski definition) is 8. The van der Waals surface area contributed by atoms with Gasteiger partial charge in [-0.15, -0.1) is 11.8 Å². The molecular formula is C16H17N3O7S. The van der Waals surface area contributed by atoms with Crippen molar-refractivity contribution >= 4 is 29.5 Å². The van der Waals surface area contributed by atoms with Crippen molar-refractivity contribution in [3.63, 3.8) is 0 Å². The van der Waals surface area contributed by atoms with Gasteiger partial charge in [0.2, 0.25) is 0 Å². The van der Waals surface area contributed by atoms with Crippen LogP contribution in [0, 0.1) is 0 Å². The van der Waals surface area contributed by atoms with Crippen molar-refractivity contribution in [3.8, 4) is 0 Å². The SMILES string of the molecule is Nc1ccn([C@@H]2CS[C@H](CO)O2)c(=O)n1.O=C(O)c1ccccc1C(=O)O. The summed E-state index contributed by atoms with van der Waals surface area (Å²) in [5.41, 5.74) is 4.29. The van der Waals surface area contributed by atoms with E-state index in [2.05, 4.69) is 4.98 Å². The number of aliphatic hydroxyl groups is 1. The molecule has 0 bridgehead atoms. The molecule has 0 unspecified atom stereocenters. The first-order valence-corrected chi connectivity index (χ1v) is 8.66. The van der Waals surface area contributed by atoms with Crippen LogP contribution in [0.4, 0.5) is 5.82 Å². The molecule has 144 valence electrons. The van der Waals surface area contributed by atoms with Gasteiger partial charge >= 0.3 is 17.6 Å². The quantitative estimate of drug-likeness (QED) is 0.572. The number of aliphatic hydroxyl groups excluding tert-OH is 1. The van der Waals surface area contributed by atoms with Crippen molar-refractivity contribution in [1.82, 2.24) is 9.55 Å². The maximum absolute atomic E-state index is 11.4. The minimum Gasteiger partial charge on any atom is -0.478 e. The number of nitrogens with two attached hydrogens (primary N) is 1. The summed E-state index contributed by atoms with van der Waals surface area (Å²) in [6.45, 7) is -0.0572. The van der Waals surface area contributed by atoms with Gasteiger partial charge in [0.25, 0.3) is 0 Å². The third-order valence-corrected chi connectivity index (χ3v) is 4.54. The van der Waals surface area contributed by atoms with Crippen molar-refractivity contribution in [3.05, 3.63) is 58.1 Å². The summed E-state index contributed by atoms with van der Waals surface area (Å²) in [5.74, 6) is -1.64. The number of aromatic carboxylic acids is 2. The standard InChI is InChI=1S/C8H11N3O3S.C8H6O4/c9-5-1-2-11(8(13)10-5)6-4-15-7(3-12)14-6;9-7(10)5-3-1-2-4-6(5)8(11)12/h1-2,6-7,12H,3-4H2,(H2,9,10,13);1-4H,(H,9,10)(H,11,12)/t6-,7+;/m0./s1. The Morgan fingerprint density at radius 3 is 2.26 bits per heavy atom. The molecule has 1 aromatic heterocycles. The summed E-state index contributed by atoms with van der Waals surface area (Å²) in [4.78, 5) is 36.0. The van der Waals surface area contributed by atoms with Crippen LogP contribution in [0.2, 0.25) is 0 Å². The zero-order valence-corrected chi connectivity index (χ0v) is 14.7. The molecule has 1 fully saturated rings. The number of aromatic nitrogens is 2. The Morgan fingerprint density at radius 2 is 1.81 bits per heavy atom. The van der Waals surface area contributed by atoms with Gasteiger partial charge in [-0.25, -0.2) is 14.4 Å². The Kier molecular flexibility index (Phi) is 6.93. The number of carbonyl (C=O) groups is 2. The Hall–Kier alpha value is -2.89. The molecule has 5 N–H and O–H groups in total. The molecule has 1 aliphatic rings. The number of rotatable bonds is 4. The summed E-state index contributed by atoms with van der Waals surface area (Å²) in [5, 5.41) is 26.0. The first-order valence-electron chi connectivity index (χ1n) is 7.61. The van der Waals surface area contributed by atoms with Crippen molar-refractivity contribution in [1.29, 1.82) is 0 Å². The van der Waals surface area contributed by atoms with Gasteiger partial charge in [0.15, 0.2) is 0 Å². The smallest absolute Gasteiger partial charge is 0.351 e. The fourth-order valence-electron chi connectivity index (χ4n) is 2.19. The third-order valence-electron chi connectivity index (χ3n) is 3.43. The fourth-order valence-corrected chi connectivity index (χ4v) is 3.12. The summed E-state index contributed by atoms with van der Waals surface area (Å²) in [6.07, 6.45) is 1.18. The van der Waals surface area contributed by atoms with E-state index in [1.807, 2.05) is 0 Å². The first-order chi connectivity index (χ1) is 12.8. The molecule has 10 nitrogen and oxygen atoms in total. The fraction of sp³-hybridized carbons (Fsp3) is 0.250. The van der Waals surface area contributed by atoms with Crippen molar-refractivity contribution < 1.29 is 29.6 Å². The predicted molar refractivity (Wildman–Crippen MR) is 96.7 cm³/mol. The zero-order valence-electron chi connectivity index (χ0n) is 13.9. The highest BCUT2D eigenvalue weighted by Gasteiger charge is 2.27. The molecule has 2 heterocycles. The number of hydrogen-bond donors (Lipinski definition) is 4. The minimum absolute atomic E-state index is 0.0572. The van der Waals surface area contributed by atoms with Crippen LogP contribution < -0.4 is 11.4 Å². The number of nitrogens with zero attached hydrogens (tertiary/aromatic N) is 2. The molecule has 1 saturated heterocycles. The second-order valence-electron chi connectivity index (χ2n) is 5.23. The van der Waals surface area contributed by atoms with Gasteiger partial charge in [-0.3, -0.25) is 4.57 Å². The normalized spacial score (nSPS) is 18.4. The summed E-state index contributed by atoms with van der Waals surface area (Å²) >= 11 is 1.47. The Labute approximate surface area is 157 Å². The highest BCUT2D eigenvalue weighted by molar-refractivity contribution is 8.00. The van der Waals surface area contributed by atoms with E-state index >= 15 is 0 Å². The van der Waals surface area contributed by atoms with Crippen molar-refractivity contribution in [2.45, 2.75) is 11.7 Å². The second-order valence-corrected chi connectivity index (χ2v) is 6.43. The van der Waals surface area contributed by atoms with Crippen LogP contribution in [0.25, 0.3) is 0 Å². The molecule has 0 amide bonds. The van der Waals surface area contributed by atoms with Crippen LogP contribution in [0.3, 0.4) is 0 Å². The van der Waals surface area contributed by atoms with Gasteiger partial charge in [-0.1, -0.05) is 12.1 Å². The molecule has 2 atom stereocenters. The second kappa shape index (κ2) is 9.16. The van der Waals surface area contributed by atoms with Crippen LogP contribution in [0.1, 0.15) is 26.9 Å². The van der Waals surface area contributed by atoms with Gasteiger partial charge in [-0.2, -0.15) is 4.98 Å². The van der Waals surface area contributed by atoms with Crippen LogP contribution in [0.15, 0.2) is 41.3 Å². The molecular weight excluding hydrogens is 378 g/mol. The number of thioether (sulfide) groups is 1. The maximum atomic E-state index is 11.4. The molecule has 1 aliphatic heterocycles. The van der Waals surface area contributed by atoms with Gasteiger partial charge in [0.1, 0.15) is 17.5 Å². The molecule has 1 aromatic carbocycles. The lowest BCUT2D eigenvalue weighted by molar-refractivity contribution is -0.00629. The molecule has 2 aromatic rings. The molecule has 0 aliphatic carbocycles. The monoisotopic (exact) mass is 395 g/mol. The Bertz CT molecular complexity index is 853. The van der Waals surface area contributed by atoms with E-state index in [1.54, 1.807) is 12.3 Å². The summed E-state index contributed by atoms with van der Waals surface area (Å²) < 4.78 is 6.79. The third kappa shape index (κ3) is 5.29. The van der Waals surface area contributed by atoms with Crippen molar-refractivity contribution in [2.75, 3.05) is 18.1 Å². The molecule has 0 spiro atoms. The van der Waals surface area contributed by atoms with E-state index in [0.717, 1.165) is 0 Å². The summed E-state index contributed by atoms with van der Waals surface area (Å²) in [7, 11) is 0. The number of ether oxygens (including phenoxy) is 1. The molecule has 11 heteroatoms. The maximum Gasteiger partial charge on any atom is 0.351 e. The number of carboxylic acids is 2. The van der Waals surface area contributed by atoms with Gasteiger partial charge in [0.05, 0.1) is 17.7 Å². The predicted octanol–water partition coefficient (Wildman–Crippen LogP) is 0.489. The molecule has 3 rings (SSSR count). The van der Waals surface area contributed by atoms with Gasteiger partial charge in [0, 0.05) is 11.9 Å². The van der Waals surface area contributed by atoms with E-state index in [9.17, 15) is 14.4 Å². The molecule has 27 heavy (non-hydrogen) atoms. The lowest BCUT2D eigenvalue weighted by Crippen LogP contribution is -2.28. The zero-order chi connectivity index (χ0) is 20.0. The Balaban J connectivity index is 0.000000199. The average Bonchev–Trinajstić information content (AvgIpc) is 3.11. The number of nitrogen functional groups attached to an aromatic ring is 1. The highest BCUT2D eigenvalue weighted by atomic mass is 32.2. The van der Waals surface area contributed by atoms with Gasteiger partial charge < -0.3 is 25.8 Å². The van der Waals surface area contributed by atoms with E-state index < -0.39 is 17.6 Å². The van der Waals surface area contributed by atoms with Crippen LogP contribution in [-0.2, 0) is 4.74 Å². The Morgan fingerprint density at radius 1 is 1.22 bits per heavy atom. The summed E-state index contributed by atoms with van der Waals surface area (Å²) in [6, 6.07) is 7.02. The van der Waals surface area contributed by atoms with E-state index in [1.165, 1.54) is 40.6 Å².